The second-order valence-corrected chi connectivity index (χ2v) is 29.5. The fourth-order valence-electron chi connectivity index (χ4n) is 16.0. The molecule has 1 aromatic carbocycles. The third-order valence-electron chi connectivity index (χ3n) is 22.8. The highest BCUT2D eigenvalue weighted by atomic mass is 15.4. The van der Waals surface area contributed by atoms with Gasteiger partial charge in [0, 0.05) is 198 Å². The predicted molar refractivity (Wildman–Crippen MR) is 452 cm³/mol. The molecule has 0 bridgehead atoms. The quantitative estimate of drug-likeness (QED) is 0.136. The molecule has 22 heteroatoms. The summed E-state index contributed by atoms with van der Waals surface area (Å²) < 4.78 is 27.7. The van der Waals surface area contributed by atoms with Crippen molar-refractivity contribution in [1.29, 1.82) is 0 Å². The van der Waals surface area contributed by atoms with Gasteiger partial charge in [-0.2, -0.15) is 4.24 Å². The first kappa shape index (κ1) is 71.3. The molecule has 19 aromatic rings. The van der Waals surface area contributed by atoms with Gasteiger partial charge in [-0.3, -0.25) is 13.8 Å². The van der Waals surface area contributed by atoms with Crippen LogP contribution in [0, 0.1) is 53.7 Å². The van der Waals surface area contributed by atoms with E-state index in [0.29, 0.717) is 12.0 Å². The highest BCUT2D eigenvalue weighted by molar-refractivity contribution is 5.96. The van der Waals surface area contributed by atoms with Crippen LogP contribution in [0.3, 0.4) is 0 Å². The zero-order chi connectivity index (χ0) is 77.7. The van der Waals surface area contributed by atoms with Crippen molar-refractivity contribution in [2.45, 2.75) is 67.5 Å². The Hall–Kier alpha value is -13.6. The van der Waals surface area contributed by atoms with E-state index in [9.17, 15) is 0 Å². The lowest BCUT2D eigenvalue weighted by Crippen LogP contribution is -2.37. The van der Waals surface area contributed by atoms with Crippen LogP contribution in [0.2, 0.25) is 0 Å². The maximum absolute atomic E-state index is 4.58. The van der Waals surface area contributed by atoms with Crippen LogP contribution in [0.25, 0.3) is 105 Å². The van der Waals surface area contributed by atoms with Crippen molar-refractivity contribution in [3.8, 4) is 0 Å². The third kappa shape index (κ3) is 12.4. The number of benzene rings is 1. The van der Waals surface area contributed by atoms with E-state index in [-0.39, 0.29) is 6.04 Å². The van der Waals surface area contributed by atoms with Crippen molar-refractivity contribution >= 4 is 111 Å². The summed E-state index contributed by atoms with van der Waals surface area (Å²) in [5.74, 6) is 6.01. The predicted octanol–water partition coefficient (Wildman–Crippen LogP) is 15.3. The van der Waals surface area contributed by atoms with Gasteiger partial charge < -0.3 is 59.7 Å². The van der Waals surface area contributed by atoms with Crippen LogP contribution in [0.5, 0.6) is 0 Å². The first-order chi connectivity index (χ1) is 54.2. The monoisotopic (exact) mass is 1480 g/mol. The Morgan fingerprint density at radius 2 is 1.11 bits per heavy atom. The molecule has 22 nitrogen and oxygen atoms in total. The first-order valence-corrected chi connectivity index (χ1v) is 37.9. The summed E-state index contributed by atoms with van der Waals surface area (Å²) in [6.45, 7) is 16.6. The van der Waals surface area contributed by atoms with Gasteiger partial charge in [-0.15, -0.1) is 0 Å². The standard InChI is InChI=1S/2C12H12N2.C12H14N2.C12H12N2.C11H12N3.C11H11N3.2C10H10N4/c1-9-12-10(8-13(9)2)7-11-5-3-4-6-14(11)12;1-9-11-7-10-5-3-4-6-14(10)12(11)8-13(9)2;1-9-8-14-11-6-4-3-5-10(11)7-12(14)13(9)2;1-9-7-14-8-10-5-3-4-6-11(10)12(14)13(9)2;1-8-12-9-7-14-6-4-3-5-10(14)11(9)13(8)2;1-8-12-11-9-5-3-4-6-14(9)7-10(11)13(8)2;1-7-11-10-9(13(7)2)12-8-5-3-4-6-14(8)10;1-7-11-9-10(13(7)2)14-6-4-3-5-8(14)12-9/h2*3-8H,1-2H3;3-8,10-11H,1-2H3;3-8H,1-2H3;3-7,9H,1-2H3;3-7H,1-2H3;2*3-6H,1-2H3/q;;;;+1;;;. The normalized spacial score (nSPS) is 15.7. The molecule has 3 unspecified atom stereocenters. The molecular weight excluding hydrogens is 1390 g/mol. The van der Waals surface area contributed by atoms with Gasteiger partial charge in [0.05, 0.1) is 28.1 Å². The van der Waals surface area contributed by atoms with Gasteiger partial charge in [0.25, 0.3) is 0 Å². The Kier molecular flexibility index (Phi) is 18.1. The summed E-state index contributed by atoms with van der Waals surface area (Å²) in [5.41, 5.74) is 22.0. The second kappa shape index (κ2) is 28.4. The van der Waals surface area contributed by atoms with Gasteiger partial charge in [-0.05, 0) is 140 Å². The number of amidine groups is 1. The number of aryl methyl sites for hydroxylation is 12. The van der Waals surface area contributed by atoms with Gasteiger partial charge in [-0.1, -0.05) is 78.9 Å². The molecule has 0 radical (unpaired) electrons. The van der Waals surface area contributed by atoms with Crippen LogP contribution in [-0.4, -0.2) is 125 Å². The summed E-state index contributed by atoms with van der Waals surface area (Å²) in [6.07, 6.45) is 38.7. The minimum Gasteiger partial charge on any atom is -0.352 e. The molecule has 112 heavy (non-hydrogen) atoms. The van der Waals surface area contributed by atoms with Crippen LogP contribution in [0.1, 0.15) is 48.4 Å². The fourth-order valence-corrected chi connectivity index (χ4v) is 16.0. The van der Waals surface area contributed by atoms with Crippen LogP contribution in [0.4, 0.5) is 0 Å². The smallest absolute Gasteiger partial charge is 0.232 e. The molecule has 24 rings (SSSR count). The maximum Gasteiger partial charge on any atom is 0.232 e. The van der Waals surface area contributed by atoms with Crippen LogP contribution < -0.4 is 9.59 Å². The van der Waals surface area contributed by atoms with E-state index in [4.69, 9.17) is 0 Å². The number of hydrogen-bond acceptors (Lipinski definition) is 9. The lowest BCUT2D eigenvalue weighted by atomic mass is 9.97. The van der Waals surface area contributed by atoms with E-state index in [1.807, 2.05) is 131 Å². The van der Waals surface area contributed by atoms with Gasteiger partial charge in [0.15, 0.2) is 41.0 Å². The number of pyridine rings is 6. The van der Waals surface area contributed by atoms with Gasteiger partial charge >= 0.3 is 0 Å². The van der Waals surface area contributed by atoms with E-state index < -0.39 is 0 Å². The van der Waals surface area contributed by atoms with Gasteiger partial charge in [0.2, 0.25) is 5.35 Å². The van der Waals surface area contributed by atoms with E-state index in [1.165, 1.54) is 99.9 Å². The molecule has 5 aliphatic rings. The Balaban J connectivity index is 0.0000000929. The topological polar surface area (TPSA) is 148 Å². The van der Waals surface area contributed by atoms with Crippen LogP contribution in [0.15, 0.2) is 267 Å². The highest BCUT2D eigenvalue weighted by Crippen LogP contribution is 2.39. The van der Waals surface area contributed by atoms with Crippen molar-refractivity contribution in [1.82, 2.24) is 93.4 Å². The Labute approximate surface area is 648 Å². The molecule has 562 valence electrons. The van der Waals surface area contributed by atoms with Crippen LogP contribution in [-0.2, 0) is 42.3 Å². The summed E-state index contributed by atoms with van der Waals surface area (Å²) in [6, 6.07) is 50.5. The van der Waals surface area contributed by atoms with Gasteiger partial charge in [0.1, 0.15) is 57.3 Å². The molecule has 22 heterocycles. The summed E-state index contributed by atoms with van der Waals surface area (Å²) in [4.78, 5) is 33.7. The minimum absolute atomic E-state index is 0.224. The first-order valence-electron chi connectivity index (χ1n) is 37.9. The zero-order valence-corrected chi connectivity index (χ0v) is 66.3. The molecule has 18 aromatic heterocycles. The second-order valence-electron chi connectivity index (χ2n) is 29.5. The average Bonchev–Trinajstić information content (AvgIpc) is 1.66. The molecule has 0 amide bonds. The van der Waals surface area contributed by atoms with Gasteiger partial charge in [-0.25, -0.2) is 24.9 Å². The van der Waals surface area contributed by atoms with E-state index in [2.05, 4.69) is 340 Å². The fraction of sp³-hybridized carbons (Fsp3) is 0.211. The van der Waals surface area contributed by atoms with Crippen molar-refractivity contribution in [2.24, 2.45) is 53.2 Å². The Bertz CT molecular complexity index is 6620. The molecule has 3 atom stereocenters. The SMILES string of the molecule is CC1=CN2C(=CC3C=CC=CC32)N1C.CC1=NC2C=[n+]3ccccc3=C2N1C.Cc1c2c(cc3ccccn32)cn1C.Cc1c2cc3ccccn3c2cn1C.Cc1cn2cc3ccccc3c2n1C.Cc1nc2c(cn3ccccc23)n1C.Cc1nc2c(nc3ccccn32)n1C.Cc1nc2nc3ccccn3c2n1C. The number of allylic oxidation sites excluding steroid dienone is 3. The molecule has 0 saturated heterocycles. The van der Waals surface area contributed by atoms with Crippen molar-refractivity contribution in [2.75, 3.05) is 14.1 Å². The zero-order valence-electron chi connectivity index (χ0n) is 66.3. The van der Waals surface area contributed by atoms with Crippen molar-refractivity contribution in [3.63, 3.8) is 0 Å². The number of aliphatic imine (C=N–C) groups is 1. The number of imidazole rings is 6. The summed E-state index contributed by atoms with van der Waals surface area (Å²) in [7, 11) is 16.5. The number of fused-ring (bicyclic) bond motifs is 23. The van der Waals surface area contributed by atoms with Crippen molar-refractivity contribution in [3.05, 3.63) is 308 Å². The molecule has 0 fully saturated rings. The van der Waals surface area contributed by atoms with E-state index in [1.54, 1.807) is 0 Å². The Morgan fingerprint density at radius 3 is 1.90 bits per heavy atom. The highest BCUT2D eigenvalue weighted by Gasteiger charge is 2.37. The maximum atomic E-state index is 4.58. The summed E-state index contributed by atoms with van der Waals surface area (Å²) >= 11 is 0. The molecule has 1 aliphatic carbocycles. The van der Waals surface area contributed by atoms with E-state index >= 15 is 0 Å². The molecule has 0 N–H and O–H groups in total. The number of nitrogens with zero attached hydrogens (tertiary/aromatic N) is 22. The minimum atomic E-state index is 0.224. The lowest BCUT2D eigenvalue weighted by molar-refractivity contribution is -0.522. The summed E-state index contributed by atoms with van der Waals surface area (Å²) in [5, 5.41) is 6.54. The molecule has 0 saturated carbocycles. The molecular formula is C90H93N22+. The lowest BCUT2D eigenvalue weighted by Gasteiger charge is -2.24. The molecule has 0 spiro atoms. The average molecular weight is 1480 g/mol. The number of hydrogen-bond donors (Lipinski definition) is 0. The number of aromatic nitrogens is 18. The molecule has 4 aliphatic heterocycles. The third-order valence-corrected chi connectivity index (χ3v) is 22.8. The Morgan fingerprint density at radius 1 is 0.446 bits per heavy atom. The van der Waals surface area contributed by atoms with Crippen LogP contribution >= 0.6 is 0 Å². The number of likely N-dealkylation sites (N-methyl/N-ethyl adjacent to an activating group) is 1. The van der Waals surface area contributed by atoms with Crippen molar-refractivity contribution < 1.29 is 4.24 Å². The van der Waals surface area contributed by atoms with E-state index in [0.717, 1.165) is 62.7 Å². The number of rotatable bonds is 0. The largest absolute Gasteiger partial charge is 0.352 e.